The zero-order valence-electron chi connectivity index (χ0n) is 15.7. The van der Waals surface area contributed by atoms with Gasteiger partial charge in [-0.25, -0.2) is 9.97 Å². The lowest BCUT2D eigenvalue weighted by molar-refractivity contribution is 0.872. The molecule has 0 radical (unpaired) electrons. The predicted octanol–water partition coefficient (Wildman–Crippen LogP) is 6.09. The van der Waals surface area contributed by atoms with Crippen LogP contribution in [-0.4, -0.2) is 15.0 Å². The van der Waals surface area contributed by atoms with Crippen LogP contribution in [0.25, 0.3) is 33.1 Å². The molecular weight excluding hydrogens is 318 g/mol. The van der Waals surface area contributed by atoms with Gasteiger partial charge in [0, 0.05) is 40.5 Å². The van der Waals surface area contributed by atoms with E-state index >= 15 is 0 Å². The Labute approximate surface area is 154 Å². The highest BCUT2D eigenvalue weighted by Gasteiger charge is 2.15. The van der Waals surface area contributed by atoms with Crippen molar-refractivity contribution in [2.75, 3.05) is 0 Å². The summed E-state index contributed by atoms with van der Waals surface area (Å²) in [5, 5.41) is 2.35. The van der Waals surface area contributed by atoms with Crippen LogP contribution in [0.4, 0.5) is 0 Å². The van der Waals surface area contributed by atoms with Crippen LogP contribution in [0.1, 0.15) is 50.7 Å². The molecule has 0 saturated carbocycles. The van der Waals surface area contributed by atoms with Gasteiger partial charge in [-0.3, -0.25) is 4.98 Å². The van der Waals surface area contributed by atoms with Crippen molar-refractivity contribution in [2.24, 2.45) is 0 Å². The first kappa shape index (κ1) is 16.6. The second-order valence-corrected chi connectivity index (χ2v) is 7.41. The van der Waals surface area contributed by atoms with Gasteiger partial charge >= 0.3 is 0 Å². The molecule has 0 bridgehead atoms. The van der Waals surface area contributed by atoms with E-state index in [-0.39, 0.29) is 0 Å². The molecule has 0 aliphatic heterocycles. The first-order valence-corrected chi connectivity index (χ1v) is 9.19. The van der Waals surface area contributed by atoms with E-state index in [2.05, 4.69) is 68.0 Å². The Balaban J connectivity index is 2.01. The third-order valence-electron chi connectivity index (χ3n) is 4.96. The van der Waals surface area contributed by atoms with Crippen LogP contribution in [-0.2, 0) is 0 Å². The Morgan fingerprint density at radius 3 is 2.35 bits per heavy atom. The van der Waals surface area contributed by atoms with Crippen LogP contribution in [0.3, 0.4) is 0 Å². The number of para-hydroxylation sites is 1. The highest BCUT2D eigenvalue weighted by molar-refractivity contribution is 5.91. The number of hydrogen-bond acceptors (Lipinski definition) is 3. The van der Waals surface area contributed by atoms with Crippen LogP contribution >= 0.6 is 0 Å². The average Bonchev–Trinajstić information content (AvgIpc) is 2.65. The maximum atomic E-state index is 4.69. The van der Waals surface area contributed by atoms with Crippen molar-refractivity contribution in [3.05, 3.63) is 66.1 Å². The van der Waals surface area contributed by atoms with Crippen LogP contribution in [0, 0.1) is 0 Å². The van der Waals surface area contributed by atoms with E-state index in [1.807, 2.05) is 24.7 Å². The number of aromatic nitrogens is 3. The highest BCUT2D eigenvalue weighted by atomic mass is 14.8. The Kier molecular flexibility index (Phi) is 4.15. The summed E-state index contributed by atoms with van der Waals surface area (Å²) in [6.07, 6.45) is 5.77. The van der Waals surface area contributed by atoms with E-state index in [0.29, 0.717) is 11.8 Å². The lowest BCUT2D eigenvalue weighted by Crippen LogP contribution is -1.98. The van der Waals surface area contributed by atoms with Crippen LogP contribution in [0.5, 0.6) is 0 Å². The molecule has 3 aromatic heterocycles. The van der Waals surface area contributed by atoms with E-state index in [1.54, 1.807) is 0 Å². The van der Waals surface area contributed by atoms with E-state index in [4.69, 9.17) is 4.98 Å². The van der Waals surface area contributed by atoms with Gasteiger partial charge in [-0.15, -0.1) is 0 Å². The molecule has 0 aliphatic rings. The van der Waals surface area contributed by atoms with Crippen LogP contribution < -0.4 is 0 Å². The van der Waals surface area contributed by atoms with Gasteiger partial charge in [-0.2, -0.15) is 0 Å². The van der Waals surface area contributed by atoms with Gasteiger partial charge in [0.2, 0.25) is 0 Å². The number of benzene rings is 1. The van der Waals surface area contributed by atoms with Crippen molar-refractivity contribution in [3.8, 4) is 11.1 Å². The first-order valence-electron chi connectivity index (χ1n) is 9.19. The summed E-state index contributed by atoms with van der Waals surface area (Å²) >= 11 is 0. The monoisotopic (exact) mass is 341 g/mol. The second-order valence-electron chi connectivity index (χ2n) is 7.41. The van der Waals surface area contributed by atoms with E-state index in [9.17, 15) is 0 Å². The third kappa shape index (κ3) is 2.74. The quantitative estimate of drug-likeness (QED) is 0.452. The molecule has 4 aromatic rings. The molecule has 1 aromatic carbocycles. The molecule has 3 heterocycles. The average molecular weight is 341 g/mol. The summed E-state index contributed by atoms with van der Waals surface area (Å²) in [4.78, 5) is 13.8. The van der Waals surface area contributed by atoms with E-state index in [1.165, 1.54) is 16.5 Å². The van der Waals surface area contributed by atoms with E-state index < -0.39 is 0 Å². The molecule has 0 aliphatic carbocycles. The standard InChI is InChI=1S/C23H23N3/c1-14(2)17-9-10-24-23-19(17)11-16(12-26-23)20-13-25-21-8-6-5-7-18(21)22(20)15(3)4/h5-15H,1-4H3. The normalized spacial score (nSPS) is 11.8. The Morgan fingerprint density at radius 2 is 1.58 bits per heavy atom. The van der Waals surface area contributed by atoms with Crippen molar-refractivity contribution in [1.29, 1.82) is 0 Å². The van der Waals surface area contributed by atoms with Crippen molar-refractivity contribution < 1.29 is 0 Å². The van der Waals surface area contributed by atoms with Gasteiger partial charge in [0.1, 0.15) is 0 Å². The van der Waals surface area contributed by atoms with Gasteiger partial charge in [-0.05, 0) is 41.2 Å². The van der Waals surface area contributed by atoms with Crippen molar-refractivity contribution >= 4 is 21.9 Å². The minimum absolute atomic E-state index is 0.395. The van der Waals surface area contributed by atoms with E-state index in [0.717, 1.165) is 27.7 Å². The Bertz CT molecular complexity index is 1100. The fourth-order valence-electron chi connectivity index (χ4n) is 3.72. The van der Waals surface area contributed by atoms with Gasteiger partial charge in [0.15, 0.2) is 5.65 Å². The summed E-state index contributed by atoms with van der Waals surface area (Å²) in [5.74, 6) is 0.823. The molecule has 0 fully saturated rings. The second kappa shape index (κ2) is 6.49. The molecular formula is C23H23N3. The molecule has 0 N–H and O–H groups in total. The fourth-order valence-corrected chi connectivity index (χ4v) is 3.72. The molecule has 130 valence electrons. The molecule has 3 nitrogen and oxygen atoms in total. The largest absolute Gasteiger partial charge is 0.256 e. The van der Waals surface area contributed by atoms with Gasteiger partial charge < -0.3 is 0 Å². The number of fused-ring (bicyclic) bond motifs is 2. The van der Waals surface area contributed by atoms with Crippen molar-refractivity contribution in [3.63, 3.8) is 0 Å². The lowest BCUT2D eigenvalue weighted by Gasteiger charge is -2.16. The molecule has 0 spiro atoms. The molecule has 0 atom stereocenters. The first-order chi connectivity index (χ1) is 12.6. The highest BCUT2D eigenvalue weighted by Crippen LogP contribution is 2.35. The zero-order chi connectivity index (χ0) is 18.3. The Morgan fingerprint density at radius 1 is 0.769 bits per heavy atom. The minimum Gasteiger partial charge on any atom is -0.256 e. The van der Waals surface area contributed by atoms with Gasteiger partial charge in [0.25, 0.3) is 0 Å². The topological polar surface area (TPSA) is 38.7 Å². The molecule has 0 unspecified atom stereocenters. The lowest BCUT2D eigenvalue weighted by atomic mass is 9.90. The number of rotatable bonds is 3. The Hall–Kier alpha value is -2.81. The molecule has 0 saturated heterocycles. The molecule has 4 rings (SSSR count). The summed E-state index contributed by atoms with van der Waals surface area (Å²) < 4.78 is 0. The predicted molar refractivity (Wildman–Crippen MR) is 108 cm³/mol. The maximum absolute atomic E-state index is 4.69. The zero-order valence-corrected chi connectivity index (χ0v) is 15.7. The number of pyridine rings is 3. The summed E-state index contributed by atoms with van der Waals surface area (Å²) in [6.45, 7) is 8.89. The van der Waals surface area contributed by atoms with Crippen molar-refractivity contribution in [2.45, 2.75) is 39.5 Å². The SMILES string of the molecule is CC(C)c1c(-c2cnc3nccc(C(C)C)c3c2)cnc2ccccc12. The molecule has 26 heavy (non-hydrogen) atoms. The van der Waals surface area contributed by atoms with Gasteiger partial charge in [0.05, 0.1) is 5.52 Å². The van der Waals surface area contributed by atoms with Crippen LogP contribution in [0.2, 0.25) is 0 Å². The maximum Gasteiger partial charge on any atom is 0.159 e. The fraction of sp³-hybridized carbons (Fsp3) is 0.261. The summed E-state index contributed by atoms with van der Waals surface area (Å²) in [7, 11) is 0. The summed E-state index contributed by atoms with van der Waals surface area (Å²) in [6, 6.07) is 12.7. The number of hydrogen-bond donors (Lipinski definition) is 0. The summed E-state index contributed by atoms with van der Waals surface area (Å²) in [5.41, 5.74) is 6.72. The van der Waals surface area contributed by atoms with Gasteiger partial charge in [-0.1, -0.05) is 45.9 Å². The van der Waals surface area contributed by atoms with Crippen LogP contribution in [0.15, 0.2) is 55.0 Å². The van der Waals surface area contributed by atoms with Crippen molar-refractivity contribution in [1.82, 2.24) is 15.0 Å². The smallest absolute Gasteiger partial charge is 0.159 e. The molecule has 3 heteroatoms. The third-order valence-corrected chi connectivity index (χ3v) is 4.96. The number of nitrogens with zero attached hydrogens (tertiary/aromatic N) is 3. The molecule has 0 amide bonds. The minimum atomic E-state index is 0.395.